The van der Waals surface area contributed by atoms with E-state index in [1.807, 2.05) is 235 Å². The molecule has 0 aromatic carbocycles. The molecule has 0 nitrogen and oxygen atoms in total. The van der Waals surface area contributed by atoms with E-state index in [-0.39, 0.29) is 0 Å². The van der Waals surface area contributed by atoms with Crippen LogP contribution < -0.4 is 0 Å². The molecule has 10 aliphatic heterocycles. The summed E-state index contributed by atoms with van der Waals surface area (Å²) in [6.45, 7) is 13.5. The van der Waals surface area contributed by atoms with Gasteiger partial charge in [0.15, 0.2) is 0 Å². The zero-order valence-corrected chi connectivity index (χ0v) is 43.6. The Morgan fingerprint density at radius 2 is 0.462 bits per heavy atom. The SMILES string of the molecule is CC(C=C1SC2=C(S1)SC(=C1SC3=C(SC(=CC(C)=C4SC5=C(S4)SC(=C4SC(C)=C(C)S4)S5)S3)S1)S2)=C1SC2=C(S1)SC(=C1SC(C)=C(C)S1)S2. The summed E-state index contributed by atoms with van der Waals surface area (Å²) >= 11 is 39.4. The minimum atomic E-state index is 1.39. The van der Waals surface area contributed by atoms with Crippen LogP contribution in [0.1, 0.15) is 41.5 Å². The fourth-order valence-corrected chi connectivity index (χ4v) is 35.9. The molecule has 0 unspecified atom stereocenters. The Bertz CT molecular complexity index is 1960. The first-order chi connectivity index (χ1) is 25.1. The molecule has 0 saturated heterocycles. The van der Waals surface area contributed by atoms with E-state index in [0.717, 1.165) is 0 Å². The van der Waals surface area contributed by atoms with E-state index >= 15 is 0 Å². The largest absolute Gasteiger partial charge is 0.0849 e. The Morgan fingerprint density at radius 1 is 0.269 bits per heavy atom. The number of hydrogen-bond donors (Lipinski definition) is 0. The summed E-state index contributed by atoms with van der Waals surface area (Å²) in [7, 11) is 0. The molecule has 0 bridgehead atoms. The molecule has 20 heteroatoms. The van der Waals surface area contributed by atoms with E-state index in [0.29, 0.717) is 0 Å². The molecule has 10 heterocycles. The molecular formula is C32H20S20. The molecule has 10 rings (SSSR count). The Morgan fingerprint density at radius 3 is 0.712 bits per heavy atom. The lowest BCUT2D eigenvalue weighted by molar-refractivity contribution is 1.55. The molecule has 0 aromatic rings. The lowest BCUT2D eigenvalue weighted by atomic mass is 10.3. The van der Waals surface area contributed by atoms with Crippen molar-refractivity contribution in [3.8, 4) is 0 Å². The number of allylic oxidation sites excluding steroid dienone is 8. The minimum Gasteiger partial charge on any atom is -0.0849 e. The number of rotatable bonds is 2. The van der Waals surface area contributed by atoms with Crippen molar-refractivity contribution in [2.75, 3.05) is 0 Å². The highest BCUT2D eigenvalue weighted by Gasteiger charge is 2.39. The van der Waals surface area contributed by atoms with E-state index in [2.05, 4.69) is 53.7 Å². The summed E-state index contributed by atoms with van der Waals surface area (Å²) in [5.41, 5.74) is 2.79. The Balaban J connectivity index is 0.711. The molecule has 268 valence electrons. The molecule has 0 aliphatic carbocycles. The molecule has 0 amide bonds. The maximum atomic E-state index is 2.42. The summed E-state index contributed by atoms with van der Waals surface area (Å²) in [6.07, 6.45) is 4.85. The Labute approximate surface area is 389 Å². The van der Waals surface area contributed by atoms with E-state index in [9.17, 15) is 0 Å². The highest BCUT2D eigenvalue weighted by Crippen LogP contribution is 2.75. The van der Waals surface area contributed by atoms with Gasteiger partial charge in [0.05, 0.1) is 76.3 Å². The van der Waals surface area contributed by atoms with Crippen molar-refractivity contribution in [2.24, 2.45) is 0 Å². The second kappa shape index (κ2) is 16.5. The summed E-state index contributed by atoms with van der Waals surface area (Å²) in [6, 6.07) is 0. The maximum Gasteiger partial charge on any atom is 0.0718 e. The van der Waals surface area contributed by atoms with Gasteiger partial charge in [0.25, 0.3) is 0 Å². The summed E-state index contributed by atoms with van der Waals surface area (Å²) < 4.78 is 26.3. The van der Waals surface area contributed by atoms with Gasteiger partial charge < -0.3 is 0 Å². The van der Waals surface area contributed by atoms with Crippen LogP contribution in [0.4, 0.5) is 0 Å². The van der Waals surface area contributed by atoms with Crippen molar-refractivity contribution < 1.29 is 0 Å². The van der Waals surface area contributed by atoms with Gasteiger partial charge >= 0.3 is 0 Å². The Hall–Kier alpha value is 3.62. The predicted octanol–water partition coefficient (Wildman–Crippen LogP) is 20.3. The highest BCUT2D eigenvalue weighted by molar-refractivity contribution is 8.52. The fraction of sp³-hybridized carbons (Fsp3) is 0.188. The molecule has 52 heavy (non-hydrogen) atoms. The van der Waals surface area contributed by atoms with Crippen LogP contribution in [-0.2, 0) is 0 Å². The van der Waals surface area contributed by atoms with Crippen molar-refractivity contribution >= 4 is 235 Å². The molecule has 0 spiro atoms. The zero-order chi connectivity index (χ0) is 35.4. The van der Waals surface area contributed by atoms with Gasteiger partial charge in [0.1, 0.15) is 0 Å². The van der Waals surface area contributed by atoms with Crippen molar-refractivity contribution in [1.29, 1.82) is 0 Å². The minimum absolute atomic E-state index is 1.39. The van der Waals surface area contributed by atoms with Crippen molar-refractivity contribution in [3.63, 3.8) is 0 Å². The standard InChI is InChI=1S/C32H20S20/c1-9(17-41-27-28(42-17)50-25(49-27)19-33-11(3)12(4)34-19)7-15-37-21-22(38-15)46-31(45-21)32-47-23-24(48-32)40-16(39-23)8-10(2)18-43-29-30(44-18)52-26(51-29)20-35-13(5)14(6)36-20/h7-8H,1-6H3. The summed E-state index contributed by atoms with van der Waals surface area (Å²) in [5.74, 6) is 0. The lowest BCUT2D eigenvalue weighted by Crippen LogP contribution is -1.77. The first-order valence-electron chi connectivity index (χ1n) is 15.1. The number of thioether (sulfide) groups is 20. The van der Waals surface area contributed by atoms with Crippen molar-refractivity contribution in [2.45, 2.75) is 41.5 Å². The summed E-state index contributed by atoms with van der Waals surface area (Å²) in [4.78, 5) is 5.80. The van der Waals surface area contributed by atoms with Crippen LogP contribution in [0.15, 0.2) is 119 Å². The fourth-order valence-electron chi connectivity index (χ4n) is 4.67. The van der Waals surface area contributed by atoms with Crippen LogP contribution in [0.25, 0.3) is 0 Å². The van der Waals surface area contributed by atoms with Gasteiger partial charge in [-0.3, -0.25) is 0 Å². The van der Waals surface area contributed by atoms with E-state index in [1.54, 1.807) is 0 Å². The molecule has 0 saturated carbocycles. The molecule has 0 atom stereocenters. The molecular weight excluding hydrogens is 1030 g/mol. The lowest BCUT2D eigenvalue weighted by Gasteiger charge is -2.09. The third-order valence-corrected chi connectivity index (χ3v) is 37.0. The van der Waals surface area contributed by atoms with Crippen LogP contribution in [0.5, 0.6) is 0 Å². The van der Waals surface area contributed by atoms with Gasteiger partial charge in [-0.15, -0.1) is 0 Å². The Kier molecular flexibility index (Phi) is 12.6. The smallest absolute Gasteiger partial charge is 0.0718 e. The zero-order valence-electron chi connectivity index (χ0n) is 27.3. The highest BCUT2D eigenvalue weighted by atomic mass is 32.3. The van der Waals surface area contributed by atoms with Crippen LogP contribution in [-0.4, -0.2) is 0 Å². The first kappa shape index (κ1) is 39.7. The van der Waals surface area contributed by atoms with E-state index in [4.69, 9.17) is 0 Å². The maximum absolute atomic E-state index is 2.42. The van der Waals surface area contributed by atoms with E-state index in [1.165, 1.54) is 107 Å². The van der Waals surface area contributed by atoms with Gasteiger partial charge in [-0.1, -0.05) is 235 Å². The van der Waals surface area contributed by atoms with Crippen LogP contribution in [0.3, 0.4) is 0 Å². The monoisotopic (exact) mass is 1040 g/mol. The van der Waals surface area contributed by atoms with Gasteiger partial charge in [-0.25, -0.2) is 0 Å². The normalized spacial score (nSPS) is 25.8. The third-order valence-electron chi connectivity index (χ3n) is 7.45. The van der Waals surface area contributed by atoms with Gasteiger partial charge in [-0.05, 0) is 84.5 Å². The molecule has 0 N–H and O–H groups in total. The van der Waals surface area contributed by atoms with Crippen LogP contribution >= 0.6 is 235 Å². The predicted molar refractivity (Wildman–Crippen MR) is 279 cm³/mol. The molecule has 0 aromatic heterocycles. The van der Waals surface area contributed by atoms with Gasteiger partial charge in [0.2, 0.25) is 0 Å². The topological polar surface area (TPSA) is 0 Å². The first-order valence-corrected chi connectivity index (χ1v) is 31.4. The quantitative estimate of drug-likeness (QED) is 0.257. The average molecular weight is 1050 g/mol. The average Bonchev–Trinajstić information content (AvgIpc) is 3.91. The third kappa shape index (κ3) is 8.07. The van der Waals surface area contributed by atoms with Gasteiger partial charge in [-0.2, -0.15) is 0 Å². The second-order valence-electron chi connectivity index (χ2n) is 11.2. The molecule has 0 fully saturated rings. The second-order valence-corrected chi connectivity index (χ2v) is 37.2. The molecule has 0 radical (unpaired) electrons. The van der Waals surface area contributed by atoms with Gasteiger partial charge in [0, 0.05) is 0 Å². The summed E-state index contributed by atoms with van der Waals surface area (Å²) in [5, 5.41) is 0. The van der Waals surface area contributed by atoms with Crippen LogP contribution in [0.2, 0.25) is 0 Å². The molecule has 10 aliphatic rings. The van der Waals surface area contributed by atoms with Crippen molar-refractivity contribution in [3.05, 3.63) is 119 Å². The van der Waals surface area contributed by atoms with Crippen molar-refractivity contribution in [1.82, 2.24) is 0 Å². The van der Waals surface area contributed by atoms with Crippen LogP contribution in [0, 0.1) is 0 Å². The van der Waals surface area contributed by atoms with E-state index < -0.39 is 0 Å². The number of hydrogen-bond acceptors (Lipinski definition) is 20.